The van der Waals surface area contributed by atoms with E-state index in [1.54, 1.807) is 0 Å². The van der Waals surface area contributed by atoms with Crippen LogP contribution in [0.15, 0.2) is 0 Å². The van der Waals surface area contributed by atoms with Crippen LogP contribution in [0.5, 0.6) is 0 Å². The molecule has 0 saturated carbocycles. The van der Waals surface area contributed by atoms with E-state index in [1.165, 1.54) is 0 Å². The van der Waals surface area contributed by atoms with Crippen LogP contribution in [-0.4, -0.2) is 34.3 Å². The molecule has 4 heteroatoms. The van der Waals surface area contributed by atoms with Gasteiger partial charge in [-0.15, -0.1) is 0 Å². The van der Waals surface area contributed by atoms with Crippen molar-refractivity contribution in [2.75, 3.05) is 0 Å². The molecule has 0 saturated heterocycles. The Kier molecular flexibility index (Phi) is 3.45. The van der Waals surface area contributed by atoms with Gasteiger partial charge >= 0.3 is 42.3 Å². The molecule has 0 spiro atoms. The fraction of sp³-hybridized carbons (Fsp3) is 0. The molecule has 0 amide bonds. The standard InChI is InChI=1S/H2OSSe2/c1-2(3)4/h(H2,1,3,4). The SMILES string of the molecule is [O-][S+]([SeH])[SeH]. The van der Waals surface area contributed by atoms with Crippen LogP contribution in [-0.2, 0) is 8.01 Å². The van der Waals surface area contributed by atoms with Crippen molar-refractivity contribution in [1.29, 1.82) is 0 Å². The Morgan fingerprint density at radius 3 is 1.50 bits per heavy atom. The zero-order valence-electron chi connectivity index (χ0n) is 1.71. The van der Waals surface area contributed by atoms with Gasteiger partial charge in [0.05, 0.1) is 0 Å². The third kappa shape index (κ3) is 10.2. The van der Waals surface area contributed by atoms with E-state index >= 15 is 0 Å². The van der Waals surface area contributed by atoms with E-state index in [4.69, 9.17) is 0 Å². The molecule has 0 heterocycles. The van der Waals surface area contributed by atoms with Gasteiger partial charge in [0.25, 0.3) is 0 Å². The van der Waals surface area contributed by atoms with Crippen LogP contribution in [0.2, 0.25) is 0 Å². The van der Waals surface area contributed by atoms with Gasteiger partial charge in [-0.1, -0.05) is 0 Å². The van der Waals surface area contributed by atoms with E-state index < -0.39 is 8.01 Å². The Labute approximate surface area is 42.5 Å². The molecule has 0 aliphatic heterocycles. The molecule has 0 aromatic carbocycles. The Morgan fingerprint density at radius 2 is 1.50 bits per heavy atom. The Balaban J connectivity index is 2.32. The van der Waals surface area contributed by atoms with Crippen LogP contribution >= 0.6 is 0 Å². The van der Waals surface area contributed by atoms with Gasteiger partial charge < -0.3 is 0 Å². The molecule has 0 radical (unpaired) electrons. The minimum absolute atomic E-state index is 0.736. The Hall–Kier alpha value is 1.35. The molecule has 0 aliphatic rings. The molecule has 0 aliphatic carbocycles. The molecule has 0 atom stereocenters. The van der Waals surface area contributed by atoms with Gasteiger partial charge in [-0.3, -0.25) is 0 Å². The first-order chi connectivity index (χ1) is 1.73. The van der Waals surface area contributed by atoms with Gasteiger partial charge in [-0.05, 0) is 0 Å². The van der Waals surface area contributed by atoms with Crippen LogP contribution in [0, 0.1) is 0 Å². The molecule has 0 fully saturated rings. The van der Waals surface area contributed by atoms with Gasteiger partial charge in [0.2, 0.25) is 0 Å². The number of hydrogen-bond donors (Lipinski definition) is 0. The van der Waals surface area contributed by atoms with Gasteiger partial charge in [0.1, 0.15) is 0 Å². The van der Waals surface area contributed by atoms with Gasteiger partial charge in [0.15, 0.2) is 0 Å². The van der Waals surface area contributed by atoms with Crippen molar-refractivity contribution in [2.24, 2.45) is 0 Å². The zero-order valence-corrected chi connectivity index (χ0v) is 6.28. The van der Waals surface area contributed by atoms with Crippen molar-refractivity contribution in [2.45, 2.75) is 0 Å². The topological polar surface area (TPSA) is 23.1 Å². The van der Waals surface area contributed by atoms with E-state index in [9.17, 15) is 4.55 Å². The van der Waals surface area contributed by atoms with E-state index in [1.807, 2.05) is 29.8 Å². The molecule has 1 nitrogen and oxygen atoms in total. The van der Waals surface area contributed by atoms with Crippen LogP contribution in [0.1, 0.15) is 0 Å². The molecule has 0 aromatic heterocycles. The van der Waals surface area contributed by atoms with Crippen molar-refractivity contribution < 1.29 is 4.55 Å². The maximum absolute atomic E-state index is 9.50. The first kappa shape index (κ1) is 5.35. The van der Waals surface area contributed by atoms with Crippen LogP contribution in [0.4, 0.5) is 0 Å². The summed E-state index contributed by atoms with van der Waals surface area (Å²) >= 11 is 3.96. The second-order valence-corrected chi connectivity index (χ2v) is 8.94. The fourth-order valence-electron chi connectivity index (χ4n) is 0. The Morgan fingerprint density at radius 1 is 1.50 bits per heavy atom. The average molecular weight is 208 g/mol. The second kappa shape index (κ2) is 2.58. The second-order valence-electron chi connectivity index (χ2n) is 0.231. The summed E-state index contributed by atoms with van der Waals surface area (Å²) in [5.41, 5.74) is 0. The summed E-state index contributed by atoms with van der Waals surface area (Å²) < 4.78 is 9.50. The quantitative estimate of drug-likeness (QED) is 0.346. The van der Waals surface area contributed by atoms with E-state index in [0.29, 0.717) is 0 Å². The summed E-state index contributed by atoms with van der Waals surface area (Å²) in [5, 5.41) is 0. The zero-order chi connectivity index (χ0) is 3.58. The molecule has 0 aromatic rings. The van der Waals surface area contributed by atoms with E-state index in [2.05, 4.69) is 0 Å². The third-order valence-electron chi connectivity index (χ3n) is 0. The molecule has 0 rings (SSSR count). The Bertz CT molecular complexity index is 10.8. The van der Waals surface area contributed by atoms with E-state index in [0.717, 1.165) is 0 Å². The first-order valence-corrected chi connectivity index (χ1v) is 6.19. The first-order valence-electron chi connectivity index (χ1n) is 0.532. The van der Waals surface area contributed by atoms with Crippen molar-refractivity contribution in [3.05, 3.63) is 0 Å². The fourth-order valence-corrected chi connectivity index (χ4v) is 0. The van der Waals surface area contributed by atoms with E-state index in [-0.39, 0.29) is 0 Å². The third-order valence-corrected chi connectivity index (χ3v) is 0. The van der Waals surface area contributed by atoms with Gasteiger partial charge in [-0.25, -0.2) is 0 Å². The summed E-state index contributed by atoms with van der Waals surface area (Å²) in [4.78, 5) is 0. The maximum atomic E-state index is 9.50. The molecular formula is H2OSSe2. The normalized spacial score (nSPS) is 9.00. The number of rotatable bonds is 0. The summed E-state index contributed by atoms with van der Waals surface area (Å²) in [6.07, 6.45) is 0. The minimum atomic E-state index is -0.736. The van der Waals surface area contributed by atoms with Gasteiger partial charge in [0, 0.05) is 0 Å². The molecular weight excluding hydrogens is 206 g/mol. The number of hydrogen-bond acceptors (Lipinski definition) is 1. The summed E-state index contributed by atoms with van der Waals surface area (Å²) in [6.45, 7) is 0. The summed E-state index contributed by atoms with van der Waals surface area (Å²) in [7, 11) is -0.736. The molecule has 4 heavy (non-hydrogen) atoms. The predicted octanol–water partition coefficient (Wildman–Crippen LogP) is -1.63. The van der Waals surface area contributed by atoms with Crippen molar-refractivity contribution in [3.63, 3.8) is 0 Å². The average Bonchev–Trinajstić information content (AvgIpc) is 0.811. The predicted molar refractivity (Wildman–Crippen MR) is 22.4 cm³/mol. The summed E-state index contributed by atoms with van der Waals surface area (Å²) in [5.74, 6) is 0. The molecule has 0 N–H and O–H groups in total. The monoisotopic (exact) mass is 210 g/mol. The van der Waals surface area contributed by atoms with Gasteiger partial charge in [-0.2, -0.15) is 0 Å². The molecule has 0 unspecified atom stereocenters. The van der Waals surface area contributed by atoms with Crippen molar-refractivity contribution in [3.8, 4) is 0 Å². The summed E-state index contributed by atoms with van der Waals surface area (Å²) in [6, 6.07) is 0. The van der Waals surface area contributed by atoms with Crippen molar-refractivity contribution in [1.82, 2.24) is 0 Å². The molecule has 26 valence electrons. The van der Waals surface area contributed by atoms with Crippen LogP contribution in [0.3, 0.4) is 0 Å². The molecule has 0 bridgehead atoms. The van der Waals surface area contributed by atoms with Crippen LogP contribution in [0.25, 0.3) is 0 Å². The van der Waals surface area contributed by atoms with Crippen LogP contribution < -0.4 is 0 Å². The van der Waals surface area contributed by atoms with Crippen molar-refractivity contribution >= 4 is 37.8 Å².